The van der Waals surface area contributed by atoms with Gasteiger partial charge in [-0.1, -0.05) is 6.42 Å². The summed E-state index contributed by atoms with van der Waals surface area (Å²) in [5.41, 5.74) is 0. The van der Waals surface area contributed by atoms with Gasteiger partial charge in [0.25, 0.3) is 0 Å². The fourth-order valence-corrected chi connectivity index (χ4v) is 3.20. The van der Waals surface area contributed by atoms with E-state index in [-0.39, 0.29) is 30.0 Å². The number of aliphatic hydroxyl groups excluding tert-OH is 1. The lowest BCUT2D eigenvalue weighted by atomic mass is 9.86. The first kappa shape index (κ1) is 15.1. The van der Waals surface area contributed by atoms with E-state index in [1.165, 1.54) is 0 Å². The van der Waals surface area contributed by atoms with Gasteiger partial charge in [0.2, 0.25) is 0 Å². The Morgan fingerprint density at radius 1 is 1.05 bits per heavy atom. The maximum Gasteiger partial charge on any atom is 0.315 e. The van der Waals surface area contributed by atoms with E-state index < -0.39 is 5.97 Å². The number of hydrogen-bond acceptors (Lipinski definition) is 3. The van der Waals surface area contributed by atoms with Crippen LogP contribution in [0, 0.1) is 11.8 Å². The number of carboxylic acid groups (broad SMARTS) is 1. The second kappa shape index (κ2) is 6.92. The molecule has 2 aliphatic carbocycles. The number of aliphatic carboxylic acids is 1. The molecule has 0 bridgehead atoms. The van der Waals surface area contributed by atoms with E-state index in [0.29, 0.717) is 19.4 Å². The van der Waals surface area contributed by atoms with Crippen LogP contribution in [0.5, 0.6) is 0 Å². The molecule has 2 saturated carbocycles. The van der Waals surface area contributed by atoms with Gasteiger partial charge in [0.1, 0.15) is 0 Å². The van der Waals surface area contributed by atoms with E-state index in [1.807, 2.05) is 0 Å². The van der Waals surface area contributed by atoms with Crippen molar-refractivity contribution < 1.29 is 19.8 Å². The van der Waals surface area contributed by atoms with Crippen molar-refractivity contribution in [2.24, 2.45) is 11.8 Å². The van der Waals surface area contributed by atoms with Gasteiger partial charge >= 0.3 is 12.0 Å². The quantitative estimate of drug-likeness (QED) is 0.621. The Hall–Kier alpha value is -1.30. The lowest BCUT2D eigenvalue weighted by Crippen LogP contribution is -2.45. The maximum absolute atomic E-state index is 11.8. The minimum absolute atomic E-state index is 0.0686. The van der Waals surface area contributed by atoms with Crippen LogP contribution in [-0.4, -0.2) is 40.9 Å². The third-order valence-electron chi connectivity index (χ3n) is 4.56. The minimum atomic E-state index is -0.733. The van der Waals surface area contributed by atoms with E-state index in [2.05, 4.69) is 10.6 Å². The molecule has 0 aromatic heterocycles. The Balaban J connectivity index is 1.64. The highest BCUT2D eigenvalue weighted by Gasteiger charge is 2.28. The van der Waals surface area contributed by atoms with Crippen LogP contribution in [0.1, 0.15) is 44.9 Å². The van der Waals surface area contributed by atoms with Crippen molar-refractivity contribution in [3.05, 3.63) is 0 Å². The summed E-state index contributed by atoms with van der Waals surface area (Å²) < 4.78 is 0. The standard InChI is InChI=1S/C14H24N2O4/c17-12-3-1-2-10(12)8-15-14(20)16-11-6-4-9(5-7-11)13(18)19/h9-12,17H,1-8H2,(H,18,19)(H2,15,16,20). The number of aliphatic hydroxyl groups is 1. The van der Waals surface area contributed by atoms with Crippen molar-refractivity contribution in [1.82, 2.24) is 10.6 Å². The van der Waals surface area contributed by atoms with Gasteiger partial charge in [-0.2, -0.15) is 0 Å². The van der Waals surface area contributed by atoms with E-state index in [0.717, 1.165) is 32.1 Å². The van der Waals surface area contributed by atoms with Gasteiger partial charge < -0.3 is 20.8 Å². The predicted octanol–water partition coefficient (Wildman–Crippen LogP) is 1.09. The highest BCUT2D eigenvalue weighted by Crippen LogP contribution is 2.25. The summed E-state index contributed by atoms with van der Waals surface area (Å²) in [6.07, 6.45) is 5.21. The highest BCUT2D eigenvalue weighted by atomic mass is 16.4. The number of rotatable bonds is 4. The zero-order chi connectivity index (χ0) is 14.5. The second-order valence-electron chi connectivity index (χ2n) is 6.00. The second-order valence-corrected chi connectivity index (χ2v) is 6.00. The molecule has 0 aromatic carbocycles. The zero-order valence-electron chi connectivity index (χ0n) is 11.7. The number of amides is 2. The van der Waals surface area contributed by atoms with Gasteiger partial charge in [0.05, 0.1) is 12.0 Å². The number of carbonyl (C=O) groups is 2. The van der Waals surface area contributed by atoms with Crippen LogP contribution < -0.4 is 10.6 Å². The number of carboxylic acids is 1. The summed E-state index contributed by atoms with van der Waals surface area (Å²) in [6.45, 7) is 0.511. The number of urea groups is 1. The molecule has 2 atom stereocenters. The summed E-state index contributed by atoms with van der Waals surface area (Å²) in [4.78, 5) is 22.6. The largest absolute Gasteiger partial charge is 0.481 e. The van der Waals surface area contributed by atoms with Crippen LogP contribution in [0.2, 0.25) is 0 Å². The highest BCUT2D eigenvalue weighted by molar-refractivity contribution is 5.74. The van der Waals surface area contributed by atoms with Gasteiger partial charge in [-0.25, -0.2) is 4.79 Å². The van der Waals surface area contributed by atoms with Gasteiger partial charge in [-0.15, -0.1) is 0 Å². The zero-order valence-corrected chi connectivity index (χ0v) is 11.7. The molecule has 2 fully saturated rings. The first-order valence-corrected chi connectivity index (χ1v) is 7.51. The molecular weight excluding hydrogens is 260 g/mol. The number of nitrogens with one attached hydrogen (secondary N) is 2. The monoisotopic (exact) mass is 284 g/mol. The molecule has 114 valence electrons. The van der Waals surface area contributed by atoms with Gasteiger partial charge in [0, 0.05) is 18.5 Å². The van der Waals surface area contributed by atoms with Crippen LogP contribution >= 0.6 is 0 Å². The molecular formula is C14H24N2O4. The molecule has 0 heterocycles. The Bertz CT molecular complexity index is 353. The summed E-state index contributed by atoms with van der Waals surface area (Å²) >= 11 is 0. The van der Waals surface area contributed by atoms with E-state index >= 15 is 0 Å². The van der Waals surface area contributed by atoms with Crippen molar-refractivity contribution in [3.63, 3.8) is 0 Å². The first-order valence-electron chi connectivity index (χ1n) is 7.51. The fourth-order valence-electron chi connectivity index (χ4n) is 3.20. The first-order chi connectivity index (χ1) is 9.56. The topological polar surface area (TPSA) is 98.7 Å². The Morgan fingerprint density at radius 3 is 2.30 bits per heavy atom. The van der Waals surface area contributed by atoms with Gasteiger partial charge in [0.15, 0.2) is 0 Å². The molecule has 6 nitrogen and oxygen atoms in total. The van der Waals surface area contributed by atoms with E-state index in [1.54, 1.807) is 0 Å². The molecule has 20 heavy (non-hydrogen) atoms. The number of hydrogen-bond donors (Lipinski definition) is 4. The van der Waals surface area contributed by atoms with E-state index in [4.69, 9.17) is 5.11 Å². The molecule has 0 aromatic rings. The molecule has 4 N–H and O–H groups in total. The maximum atomic E-state index is 11.8. The SMILES string of the molecule is O=C(NCC1CCCC1O)NC1CCC(C(=O)O)CC1. The van der Waals surface area contributed by atoms with Crippen molar-refractivity contribution in [2.75, 3.05) is 6.54 Å². The van der Waals surface area contributed by atoms with Crippen LogP contribution in [0.4, 0.5) is 4.79 Å². The third-order valence-corrected chi connectivity index (χ3v) is 4.56. The summed E-state index contributed by atoms with van der Waals surface area (Å²) in [5, 5.41) is 24.3. The summed E-state index contributed by atoms with van der Waals surface area (Å²) in [5.74, 6) is -0.823. The molecule has 2 aliphatic rings. The average Bonchev–Trinajstić information content (AvgIpc) is 2.82. The smallest absolute Gasteiger partial charge is 0.315 e. The van der Waals surface area contributed by atoms with Crippen molar-refractivity contribution in [1.29, 1.82) is 0 Å². The average molecular weight is 284 g/mol. The Morgan fingerprint density at radius 2 is 1.75 bits per heavy atom. The molecule has 0 saturated heterocycles. The lowest BCUT2D eigenvalue weighted by molar-refractivity contribution is -0.142. The van der Waals surface area contributed by atoms with Crippen molar-refractivity contribution in [3.8, 4) is 0 Å². The van der Waals surface area contributed by atoms with Crippen molar-refractivity contribution in [2.45, 2.75) is 57.1 Å². The third kappa shape index (κ3) is 4.10. The van der Waals surface area contributed by atoms with Gasteiger partial charge in [-0.05, 0) is 38.5 Å². The molecule has 2 amide bonds. The van der Waals surface area contributed by atoms with Crippen LogP contribution in [-0.2, 0) is 4.79 Å². The van der Waals surface area contributed by atoms with Crippen LogP contribution in [0.3, 0.4) is 0 Å². The molecule has 0 spiro atoms. The summed E-state index contributed by atoms with van der Waals surface area (Å²) in [7, 11) is 0. The van der Waals surface area contributed by atoms with Crippen molar-refractivity contribution >= 4 is 12.0 Å². The molecule has 2 unspecified atom stereocenters. The molecule has 6 heteroatoms. The molecule has 0 radical (unpaired) electrons. The Labute approximate surface area is 118 Å². The Kier molecular flexibility index (Phi) is 5.23. The molecule has 2 rings (SSSR count). The summed E-state index contributed by atoms with van der Waals surface area (Å²) in [6, 6.07) is -0.137. The van der Waals surface area contributed by atoms with Gasteiger partial charge in [-0.3, -0.25) is 4.79 Å². The van der Waals surface area contributed by atoms with Crippen LogP contribution in [0.25, 0.3) is 0 Å². The van der Waals surface area contributed by atoms with Crippen LogP contribution in [0.15, 0.2) is 0 Å². The number of carbonyl (C=O) groups excluding carboxylic acids is 1. The normalized spacial score (nSPS) is 33.6. The minimum Gasteiger partial charge on any atom is -0.481 e. The lowest BCUT2D eigenvalue weighted by Gasteiger charge is -2.27. The van der Waals surface area contributed by atoms with E-state index in [9.17, 15) is 14.7 Å². The predicted molar refractivity (Wildman–Crippen MR) is 73.3 cm³/mol. The fraction of sp³-hybridized carbons (Fsp3) is 0.857. The molecule has 0 aliphatic heterocycles.